The number of anilines is 1. The largest absolute Gasteiger partial charge is 0.493 e. The molecule has 0 spiro atoms. The second kappa shape index (κ2) is 9.20. The van der Waals surface area contributed by atoms with Crippen LogP contribution in [-0.4, -0.2) is 45.3 Å². The highest BCUT2D eigenvalue weighted by molar-refractivity contribution is 7.89. The van der Waals surface area contributed by atoms with Crippen molar-refractivity contribution < 1.29 is 32.3 Å². The number of benzene rings is 3. The lowest BCUT2D eigenvalue weighted by Crippen LogP contribution is -2.29. The van der Waals surface area contributed by atoms with Gasteiger partial charge in [0.25, 0.3) is 17.7 Å². The molecule has 10 nitrogen and oxygen atoms in total. The molecule has 3 aromatic rings. The van der Waals surface area contributed by atoms with Crippen molar-refractivity contribution in [3.05, 3.63) is 82.9 Å². The molecule has 0 fully saturated rings. The summed E-state index contributed by atoms with van der Waals surface area (Å²) in [7, 11) is -1.05. The summed E-state index contributed by atoms with van der Waals surface area (Å²) >= 11 is 0. The fourth-order valence-corrected chi connectivity index (χ4v) is 4.29. The van der Waals surface area contributed by atoms with Crippen LogP contribution in [0.25, 0.3) is 0 Å². The smallest absolute Gasteiger partial charge is 0.261 e. The monoisotopic (exact) mass is 495 g/mol. The van der Waals surface area contributed by atoms with E-state index < -0.39 is 27.7 Å². The van der Waals surface area contributed by atoms with Gasteiger partial charge in [0, 0.05) is 16.8 Å². The molecule has 0 saturated heterocycles. The minimum absolute atomic E-state index is 0.0927. The van der Waals surface area contributed by atoms with E-state index in [0.29, 0.717) is 22.4 Å². The third-order valence-corrected chi connectivity index (χ3v) is 6.39. The number of hydrogen-bond donors (Lipinski definition) is 2. The zero-order valence-electron chi connectivity index (χ0n) is 18.8. The maximum absolute atomic E-state index is 13.0. The summed E-state index contributed by atoms with van der Waals surface area (Å²) in [5, 5.41) is 7.76. The van der Waals surface area contributed by atoms with Crippen molar-refractivity contribution in [1.29, 1.82) is 0 Å². The van der Waals surface area contributed by atoms with Gasteiger partial charge in [-0.1, -0.05) is 12.1 Å². The quantitative estimate of drug-likeness (QED) is 0.479. The number of carbonyl (C=O) groups excluding carboxylic acids is 3. The summed E-state index contributed by atoms with van der Waals surface area (Å²) in [6.07, 6.45) is 0. The predicted molar refractivity (Wildman–Crippen MR) is 126 cm³/mol. The second-order valence-electron chi connectivity index (χ2n) is 7.64. The van der Waals surface area contributed by atoms with Gasteiger partial charge in [0.1, 0.15) is 0 Å². The van der Waals surface area contributed by atoms with Gasteiger partial charge in [-0.3, -0.25) is 19.3 Å². The number of nitrogens with zero attached hydrogens (tertiary/aromatic N) is 1. The van der Waals surface area contributed by atoms with E-state index in [4.69, 9.17) is 14.6 Å². The lowest BCUT2D eigenvalue weighted by atomic mass is 10.1. The molecule has 3 N–H and O–H groups in total. The molecule has 0 aliphatic carbocycles. The van der Waals surface area contributed by atoms with Crippen molar-refractivity contribution in [1.82, 2.24) is 4.90 Å². The average molecular weight is 496 g/mol. The highest BCUT2D eigenvalue weighted by atomic mass is 32.2. The summed E-state index contributed by atoms with van der Waals surface area (Å²) in [5.74, 6) is -0.916. The van der Waals surface area contributed by atoms with Crippen LogP contribution in [0.15, 0.2) is 65.6 Å². The first-order chi connectivity index (χ1) is 16.6. The SMILES string of the molecule is COc1cc(C(=O)Nc2ccc(S(N)(=O)=O)cc2)cc(CN2C(=O)c3ccccc3C2=O)c1OC. The Morgan fingerprint density at radius 3 is 2.06 bits per heavy atom. The van der Waals surface area contributed by atoms with Crippen molar-refractivity contribution >= 4 is 33.4 Å². The first-order valence-corrected chi connectivity index (χ1v) is 11.8. The Hall–Kier alpha value is -4.22. The number of sulfonamides is 1. The molecule has 3 aromatic carbocycles. The van der Waals surface area contributed by atoms with Crippen molar-refractivity contribution in [2.24, 2.45) is 5.14 Å². The molecule has 0 bridgehead atoms. The Kier molecular flexibility index (Phi) is 6.29. The van der Waals surface area contributed by atoms with E-state index in [-0.39, 0.29) is 28.5 Å². The maximum Gasteiger partial charge on any atom is 0.261 e. The topological polar surface area (TPSA) is 145 Å². The van der Waals surface area contributed by atoms with Gasteiger partial charge in [-0.2, -0.15) is 0 Å². The first kappa shape index (κ1) is 23.9. The Morgan fingerprint density at radius 1 is 0.943 bits per heavy atom. The van der Waals surface area contributed by atoms with Crippen LogP contribution >= 0.6 is 0 Å². The van der Waals surface area contributed by atoms with Crippen molar-refractivity contribution in [3.63, 3.8) is 0 Å². The lowest BCUT2D eigenvalue weighted by molar-refractivity contribution is 0.0641. The molecular weight excluding hydrogens is 474 g/mol. The Bertz CT molecular complexity index is 1420. The van der Waals surface area contributed by atoms with E-state index in [1.807, 2.05) is 0 Å². The van der Waals surface area contributed by atoms with Crippen LogP contribution in [0.4, 0.5) is 5.69 Å². The van der Waals surface area contributed by atoms with Crippen LogP contribution in [0.1, 0.15) is 36.6 Å². The molecule has 1 aliphatic heterocycles. The lowest BCUT2D eigenvalue weighted by Gasteiger charge is -2.19. The highest BCUT2D eigenvalue weighted by Gasteiger charge is 2.36. The standard InChI is InChI=1S/C24H21N3O7S/c1-33-20-12-14(22(28)26-16-7-9-17(10-8-16)35(25,31)32)11-15(21(20)34-2)13-27-23(29)18-5-3-4-6-19(18)24(27)30/h3-12H,13H2,1-2H3,(H,26,28)(H2,25,31,32). The minimum atomic E-state index is -3.87. The number of amides is 3. The van der Waals surface area contributed by atoms with E-state index in [2.05, 4.69) is 5.32 Å². The van der Waals surface area contributed by atoms with Gasteiger partial charge in [-0.05, 0) is 48.5 Å². The molecule has 1 heterocycles. The summed E-state index contributed by atoms with van der Waals surface area (Å²) in [6.45, 7) is -0.143. The molecule has 3 amide bonds. The summed E-state index contributed by atoms with van der Waals surface area (Å²) in [6, 6.07) is 14.8. The number of rotatable bonds is 7. The van der Waals surface area contributed by atoms with Gasteiger partial charge >= 0.3 is 0 Å². The fraction of sp³-hybridized carbons (Fsp3) is 0.125. The Labute approximate surface area is 201 Å². The van der Waals surface area contributed by atoms with Crippen LogP contribution in [-0.2, 0) is 16.6 Å². The normalized spacial score (nSPS) is 12.9. The molecule has 0 unspecified atom stereocenters. The zero-order chi connectivity index (χ0) is 25.3. The summed E-state index contributed by atoms with van der Waals surface area (Å²) < 4.78 is 33.7. The van der Waals surface area contributed by atoms with Gasteiger partial charge in [0.2, 0.25) is 10.0 Å². The number of nitrogens with one attached hydrogen (secondary N) is 1. The number of methoxy groups -OCH3 is 2. The molecule has 0 aromatic heterocycles. The van der Waals surface area contributed by atoms with Crippen LogP contribution in [0, 0.1) is 0 Å². The number of hydrogen-bond acceptors (Lipinski definition) is 7. The summed E-state index contributed by atoms with van der Waals surface area (Å²) in [4.78, 5) is 39.6. The van der Waals surface area contributed by atoms with E-state index in [9.17, 15) is 22.8 Å². The molecule has 0 radical (unpaired) electrons. The molecule has 4 rings (SSSR count). The number of carbonyl (C=O) groups is 3. The van der Waals surface area contributed by atoms with Crippen LogP contribution in [0.5, 0.6) is 11.5 Å². The van der Waals surface area contributed by atoms with Gasteiger partial charge in [0.15, 0.2) is 11.5 Å². The third-order valence-electron chi connectivity index (χ3n) is 5.47. The maximum atomic E-state index is 13.0. The molecule has 0 atom stereocenters. The second-order valence-corrected chi connectivity index (χ2v) is 9.20. The van der Waals surface area contributed by atoms with Crippen LogP contribution < -0.4 is 19.9 Å². The highest BCUT2D eigenvalue weighted by Crippen LogP contribution is 2.35. The van der Waals surface area contributed by atoms with Crippen LogP contribution in [0.2, 0.25) is 0 Å². The summed E-state index contributed by atoms with van der Waals surface area (Å²) in [5.41, 5.74) is 1.50. The minimum Gasteiger partial charge on any atom is -0.493 e. The number of primary sulfonamides is 1. The average Bonchev–Trinajstić information content (AvgIpc) is 3.08. The van der Waals surface area contributed by atoms with Gasteiger partial charge in [-0.15, -0.1) is 0 Å². The van der Waals surface area contributed by atoms with Crippen molar-refractivity contribution in [2.45, 2.75) is 11.4 Å². The number of ether oxygens (including phenoxy) is 2. The van der Waals surface area contributed by atoms with Crippen molar-refractivity contribution in [2.75, 3.05) is 19.5 Å². The predicted octanol–water partition coefficient (Wildman–Crippen LogP) is 2.40. The van der Waals surface area contributed by atoms with Gasteiger partial charge < -0.3 is 14.8 Å². The number of fused-ring (bicyclic) bond motifs is 1. The Balaban J connectivity index is 1.64. The molecule has 0 saturated carbocycles. The van der Waals surface area contributed by atoms with E-state index in [1.165, 1.54) is 50.6 Å². The van der Waals surface area contributed by atoms with E-state index in [0.717, 1.165) is 4.90 Å². The van der Waals surface area contributed by atoms with Gasteiger partial charge in [0.05, 0.1) is 36.8 Å². The zero-order valence-corrected chi connectivity index (χ0v) is 19.6. The third kappa shape index (κ3) is 4.59. The molecular formula is C24H21N3O7S. The first-order valence-electron chi connectivity index (χ1n) is 10.3. The van der Waals surface area contributed by atoms with Crippen molar-refractivity contribution in [3.8, 4) is 11.5 Å². The van der Waals surface area contributed by atoms with Crippen LogP contribution in [0.3, 0.4) is 0 Å². The van der Waals surface area contributed by atoms with Gasteiger partial charge in [-0.25, -0.2) is 13.6 Å². The molecule has 180 valence electrons. The number of imide groups is 1. The Morgan fingerprint density at radius 2 is 1.54 bits per heavy atom. The van der Waals surface area contributed by atoms with E-state index >= 15 is 0 Å². The fourth-order valence-electron chi connectivity index (χ4n) is 3.78. The molecule has 11 heteroatoms. The molecule has 1 aliphatic rings. The molecule has 35 heavy (non-hydrogen) atoms. The van der Waals surface area contributed by atoms with E-state index in [1.54, 1.807) is 24.3 Å². The number of nitrogens with two attached hydrogens (primary N) is 1.